The lowest BCUT2D eigenvalue weighted by Gasteiger charge is -2.06. The zero-order chi connectivity index (χ0) is 16.1. The Morgan fingerprint density at radius 3 is 2.32 bits per heavy atom. The molecule has 0 atom stereocenters. The van der Waals surface area contributed by atoms with Crippen molar-refractivity contribution in [1.29, 1.82) is 0 Å². The number of ether oxygens (including phenoxy) is 2. The summed E-state index contributed by atoms with van der Waals surface area (Å²) in [7, 11) is 1.57. The van der Waals surface area contributed by atoms with Crippen molar-refractivity contribution < 1.29 is 19.2 Å². The molecule has 2 rings (SSSR count). The minimum absolute atomic E-state index is 0.00467. The van der Waals surface area contributed by atoms with Gasteiger partial charge in [-0.15, -0.1) is 0 Å². The molecule has 6 nitrogen and oxygen atoms in total. The first kappa shape index (κ1) is 15.5. The van der Waals surface area contributed by atoms with Gasteiger partial charge in [0.25, 0.3) is 5.69 Å². The second kappa shape index (κ2) is 6.71. The average molecular weight is 301 g/mol. The Morgan fingerprint density at radius 2 is 1.77 bits per heavy atom. The zero-order valence-electron chi connectivity index (χ0n) is 12.2. The molecule has 0 heterocycles. The van der Waals surface area contributed by atoms with Crippen LogP contribution in [0.5, 0.6) is 11.5 Å². The number of aryl methyl sites for hydroxylation is 1. The van der Waals surface area contributed by atoms with Crippen LogP contribution < -0.4 is 9.47 Å². The van der Waals surface area contributed by atoms with Gasteiger partial charge in [-0.05, 0) is 36.8 Å². The topological polar surface area (TPSA) is 78.7 Å². The van der Waals surface area contributed by atoms with Crippen molar-refractivity contribution in [3.8, 4) is 11.5 Å². The van der Waals surface area contributed by atoms with E-state index < -0.39 is 10.9 Å². The molecule has 0 aliphatic rings. The summed E-state index contributed by atoms with van der Waals surface area (Å²) >= 11 is 0. The summed E-state index contributed by atoms with van der Waals surface area (Å²) in [6.45, 7) is 1.60. The van der Waals surface area contributed by atoms with E-state index in [-0.39, 0.29) is 12.1 Å². The van der Waals surface area contributed by atoms with Crippen molar-refractivity contribution in [3.05, 3.63) is 63.7 Å². The van der Waals surface area contributed by atoms with Crippen LogP contribution >= 0.6 is 0 Å². The van der Waals surface area contributed by atoms with Crippen LogP contribution in [0.3, 0.4) is 0 Å². The quantitative estimate of drug-likeness (QED) is 0.367. The van der Waals surface area contributed by atoms with E-state index in [1.807, 2.05) is 0 Å². The highest BCUT2D eigenvalue weighted by molar-refractivity contribution is 5.75. The Bertz CT molecular complexity index is 694. The number of carbonyl (C=O) groups is 1. The lowest BCUT2D eigenvalue weighted by atomic mass is 10.1. The van der Waals surface area contributed by atoms with Crippen molar-refractivity contribution in [2.75, 3.05) is 7.11 Å². The fourth-order valence-corrected chi connectivity index (χ4v) is 1.97. The van der Waals surface area contributed by atoms with Gasteiger partial charge < -0.3 is 9.47 Å². The number of esters is 1. The van der Waals surface area contributed by atoms with Crippen LogP contribution in [0.15, 0.2) is 42.5 Å². The molecule has 0 unspecified atom stereocenters. The third-order valence-electron chi connectivity index (χ3n) is 3.10. The van der Waals surface area contributed by atoms with E-state index in [2.05, 4.69) is 0 Å². The summed E-state index contributed by atoms with van der Waals surface area (Å²) in [5, 5.41) is 10.7. The molecule has 0 bridgehead atoms. The molecule has 2 aromatic rings. The molecule has 0 N–H and O–H groups in total. The van der Waals surface area contributed by atoms with Gasteiger partial charge >= 0.3 is 5.97 Å². The van der Waals surface area contributed by atoms with E-state index in [0.717, 1.165) is 5.56 Å². The van der Waals surface area contributed by atoms with Gasteiger partial charge in [0, 0.05) is 11.6 Å². The van der Waals surface area contributed by atoms with E-state index in [9.17, 15) is 14.9 Å². The predicted octanol–water partition coefficient (Wildman–Crippen LogP) is 3.06. The van der Waals surface area contributed by atoms with Crippen LogP contribution in [-0.2, 0) is 11.2 Å². The van der Waals surface area contributed by atoms with Crippen LogP contribution in [0.2, 0.25) is 0 Å². The molecular formula is C16H15NO5. The highest BCUT2D eigenvalue weighted by Gasteiger charge is 2.13. The maximum Gasteiger partial charge on any atom is 0.315 e. The lowest BCUT2D eigenvalue weighted by molar-refractivity contribution is -0.385. The van der Waals surface area contributed by atoms with Gasteiger partial charge in [-0.2, -0.15) is 0 Å². The van der Waals surface area contributed by atoms with Crippen LogP contribution in [0.25, 0.3) is 0 Å². The van der Waals surface area contributed by atoms with Crippen LogP contribution in [-0.4, -0.2) is 18.0 Å². The van der Waals surface area contributed by atoms with E-state index in [0.29, 0.717) is 17.1 Å². The maximum atomic E-state index is 11.9. The number of benzene rings is 2. The Morgan fingerprint density at radius 1 is 1.14 bits per heavy atom. The number of nitrogens with zero attached hydrogens (tertiary/aromatic N) is 1. The first-order valence-electron chi connectivity index (χ1n) is 6.58. The standard InChI is InChI=1S/C16H15NO5/c1-11-9-14(7-8-15(11)17(19)20)22-16(18)10-12-3-5-13(21-2)6-4-12/h3-9H,10H2,1-2H3. The monoisotopic (exact) mass is 301 g/mol. The first-order valence-corrected chi connectivity index (χ1v) is 6.58. The Kier molecular flexibility index (Phi) is 4.73. The molecule has 114 valence electrons. The van der Waals surface area contributed by atoms with E-state index in [4.69, 9.17) is 9.47 Å². The van der Waals surface area contributed by atoms with Gasteiger partial charge in [-0.25, -0.2) is 0 Å². The highest BCUT2D eigenvalue weighted by atomic mass is 16.6. The van der Waals surface area contributed by atoms with Gasteiger partial charge in [-0.3, -0.25) is 14.9 Å². The van der Waals surface area contributed by atoms with Crippen molar-refractivity contribution in [2.45, 2.75) is 13.3 Å². The summed E-state index contributed by atoms with van der Waals surface area (Å²) in [5.41, 5.74) is 1.24. The van der Waals surface area contributed by atoms with Gasteiger partial charge in [0.15, 0.2) is 0 Å². The predicted molar refractivity (Wildman–Crippen MR) is 80.2 cm³/mol. The van der Waals surface area contributed by atoms with Crippen molar-refractivity contribution in [3.63, 3.8) is 0 Å². The van der Waals surface area contributed by atoms with Crippen LogP contribution in [0.1, 0.15) is 11.1 Å². The number of hydrogen-bond acceptors (Lipinski definition) is 5. The zero-order valence-corrected chi connectivity index (χ0v) is 12.2. The van der Waals surface area contributed by atoms with Crippen LogP contribution in [0, 0.1) is 17.0 Å². The van der Waals surface area contributed by atoms with Crippen molar-refractivity contribution in [2.24, 2.45) is 0 Å². The minimum Gasteiger partial charge on any atom is -0.497 e. The van der Waals surface area contributed by atoms with E-state index in [1.54, 1.807) is 38.3 Å². The Balaban J connectivity index is 2.02. The summed E-state index contributed by atoms with van der Waals surface area (Å²) < 4.78 is 10.2. The van der Waals surface area contributed by atoms with E-state index >= 15 is 0 Å². The largest absolute Gasteiger partial charge is 0.497 e. The molecule has 0 saturated heterocycles. The molecular weight excluding hydrogens is 286 g/mol. The molecule has 0 spiro atoms. The fraction of sp³-hybridized carbons (Fsp3) is 0.188. The number of hydrogen-bond donors (Lipinski definition) is 0. The molecule has 0 radical (unpaired) electrons. The molecule has 6 heteroatoms. The minimum atomic E-state index is -0.474. The summed E-state index contributed by atoms with van der Waals surface area (Å²) in [6.07, 6.45) is 0.111. The number of nitro benzene ring substituents is 1. The number of methoxy groups -OCH3 is 1. The molecule has 0 aromatic heterocycles. The molecule has 22 heavy (non-hydrogen) atoms. The third kappa shape index (κ3) is 3.82. The number of rotatable bonds is 5. The summed E-state index contributed by atoms with van der Waals surface area (Å²) in [5.74, 6) is 0.572. The number of carbonyl (C=O) groups excluding carboxylic acids is 1. The molecule has 0 saturated carbocycles. The van der Waals surface area contributed by atoms with Crippen molar-refractivity contribution >= 4 is 11.7 Å². The first-order chi connectivity index (χ1) is 10.5. The molecule has 2 aromatic carbocycles. The normalized spacial score (nSPS) is 10.1. The Hall–Kier alpha value is -2.89. The smallest absolute Gasteiger partial charge is 0.315 e. The average Bonchev–Trinajstić information content (AvgIpc) is 2.47. The molecule has 0 amide bonds. The fourth-order valence-electron chi connectivity index (χ4n) is 1.97. The SMILES string of the molecule is COc1ccc(CC(=O)Oc2ccc([N+](=O)[O-])c(C)c2)cc1. The van der Waals surface area contributed by atoms with Gasteiger partial charge in [0.05, 0.1) is 18.5 Å². The van der Waals surface area contributed by atoms with Gasteiger partial charge in [0.1, 0.15) is 11.5 Å². The van der Waals surface area contributed by atoms with Crippen LogP contribution in [0.4, 0.5) is 5.69 Å². The second-order valence-electron chi connectivity index (χ2n) is 4.70. The second-order valence-corrected chi connectivity index (χ2v) is 4.70. The highest BCUT2D eigenvalue weighted by Crippen LogP contribution is 2.23. The van der Waals surface area contributed by atoms with E-state index in [1.165, 1.54) is 18.2 Å². The molecule has 0 aliphatic carbocycles. The maximum absolute atomic E-state index is 11.9. The summed E-state index contributed by atoms with van der Waals surface area (Å²) in [6, 6.07) is 11.3. The molecule has 0 aliphatic heterocycles. The Labute approximate surface area is 127 Å². The third-order valence-corrected chi connectivity index (χ3v) is 3.10. The molecule has 0 fully saturated rings. The lowest BCUT2D eigenvalue weighted by Crippen LogP contribution is -2.11. The van der Waals surface area contributed by atoms with Gasteiger partial charge in [-0.1, -0.05) is 12.1 Å². The van der Waals surface area contributed by atoms with Crippen molar-refractivity contribution in [1.82, 2.24) is 0 Å². The van der Waals surface area contributed by atoms with Gasteiger partial charge in [0.2, 0.25) is 0 Å². The number of nitro groups is 1. The summed E-state index contributed by atoms with van der Waals surface area (Å²) in [4.78, 5) is 22.1.